The second-order valence-corrected chi connectivity index (χ2v) is 4.81. The van der Waals surface area contributed by atoms with E-state index in [2.05, 4.69) is 5.32 Å². The molecule has 0 heterocycles. The van der Waals surface area contributed by atoms with E-state index >= 15 is 0 Å². The van der Waals surface area contributed by atoms with Gasteiger partial charge in [-0.3, -0.25) is 4.79 Å². The summed E-state index contributed by atoms with van der Waals surface area (Å²) in [5, 5.41) is 13.0. The largest absolute Gasteiger partial charge is 0.388 e. The molecule has 0 saturated heterocycles. The average molecular weight is 244 g/mol. The molecule has 0 aromatic heterocycles. The fourth-order valence-electron chi connectivity index (χ4n) is 1.88. The molecule has 0 fully saturated rings. The van der Waals surface area contributed by atoms with E-state index in [0.717, 1.165) is 12.8 Å². The molecule has 0 aliphatic carbocycles. The van der Waals surface area contributed by atoms with Gasteiger partial charge in [-0.1, -0.05) is 27.7 Å². The smallest absolute Gasteiger partial charge is 0.227 e. The summed E-state index contributed by atoms with van der Waals surface area (Å²) in [6.07, 6.45) is 2.72. The molecule has 0 atom stereocenters. The van der Waals surface area contributed by atoms with Crippen molar-refractivity contribution >= 4 is 5.91 Å². The van der Waals surface area contributed by atoms with Crippen molar-refractivity contribution in [2.75, 3.05) is 13.1 Å². The minimum atomic E-state index is -0.794. The SMILES string of the molecule is CCC(O)(CC)CNC(=O)C(CC)(CC)CN. The monoisotopic (exact) mass is 244 g/mol. The van der Waals surface area contributed by atoms with E-state index in [1.54, 1.807) is 0 Å². The van der Waals surface area contributed by atoms with Crippen LogP contribution in [0.1, 0.15) is 53.4 Å². The number of rotatable bonds is 8. The lowest BCUT2D eigenvalue weighted by molar-refractivity contribution is -0.132. The molecule has 0 radical (unpaired) electrons. The predicted molar refractivity (Wildman–Crippen MR) is 70.6 cm³/mol. The molecule has 0 unspecified atom stereocenters. The maximum absolute atomic E-state index is 12.1. The Bertz CT molecular complexity index is 225. The second-order valence-electron chi connectivity index (χ2n) is 4.81. The van der Waals surface area contributed by atoms with Crippen molar-refractivity contribution in [1.29, 1.82) is 0 Å². The maximum atomic E-state index is 12.1. The molecule has 0 spiro atoms. The molecule has 4 heteroatoms. The number of carbonyl (C=O) groups is 1. The normalized spacial score (nSPS) is 12.6. The van der Waals surface area contributed by atoms with Gasteiger partial charge in [0.05, 0.1) is 11.0 Å². The Labute approximate surface area is 105 Å². The standard InChI is InChI=1S/C13H28N2O2/c1-5-12(6-2,9-14)11(16)15-10-13(17,7-3)8-4/h17H,5-10,14H2,1-4H3,(H,15,16). The van der Waals surface area contributed by atoms with Gasteiger partial charge in [0.2, 0.25) is 5.91 Å². The summed E-state index contributed by atoms with van der Waals surface area (Å²) < 4.78 is 0. The first kappa shape index (κ1) is 16.4. The fraction of sp³-hybridized carbons (Fsp3) is 0.923. The third-order valence-electron chi connectivity index (χ3n) is 4.12. The van der Waals surface area contributed by atoms with Crippen LogP contribution in [0.15, 0.2) is 0 Å². The number of aliphatic hydroxyl groups is 1. The highest BCUT2D eigenvalue weighted by Crippen LogP contribution is 2.25. The molecule has 0 saturated carbocycles. The molecule has 1 amide bonds. The zero-order chi connectivity index (χ0) is 13.5. The van der Waals surface area contributed by atoms with Gasteiger partial charge in [0.1, 0.15) is 0 Å². The van der Waals surface area contributed by atoms with E-state index in [4.69, 9.17) is 5.73 Å². The summed E-state index contributed by atoms with van der Waals surface area (Å²) in [5.41, 5.74) is 4.43. The summed E-state index contributed by atoms with van der Waals surface area (Å²) in [4.78, 5) is 12.1. The van der Waals surface area contributed by atoms with E-state index in [-0.39, 0.29) is 5.91 Å². The van der Waals surface area contributed by atoms with Crippen LogP contribution in [0.2, 0.25) is 0 Å². The highest BCUT2D eigenvalue weighted by Gasteiger charge is 2.34. The van der Waals surface area contributed by atoms with E-state index in [0.29, 0.717) is 25.9 Å². The van der Waals surface area contributed by atoms with Gasteiger partial charge in [-0.25, -0.2) is 0 Å². The Balaban J connectivity index is 4.53. The molecule has 0 bridgehead atoms. The molecular formula is C13H28N2O2. The minimum Gasteiger partial charge on any atom is -0.388 e. The van der Waals surface area contributed by atoms with Gasteiger partial charge >= 0.3 is 0 Å². The Morgan fingerprint density at radius 2 is 1.59 bits per heavy atom. The molecule has 0 aromatic carbocycles. The van der Waals surface area contributed by atoms with Gasteiger partial charge in [-0.05, 0) is 25.7 Å². The number of carbonyl (C=O) groups excluding carboxylic acids is 1. The van der Waals surface area contributed by atoms with Gasteiger partial charge in [-0.2, -0.15) is 0 Å². The summed E-state index contributed by atoms with van der Waals surface area (Å²) in [6.45, 7) is 8.45. The van der Waals surface area contributed by atoms with Gasteiger partial charge in [0.25, 0.3) is 0 Å². The number of nitrogens with two attached hydrogens (primary N) is 1. The number of amides is 1. The molecule has 102 valence electrons. The lowest BCUT2D eigenvalue weighted by Gasteiger charge is -2.32. The van der Waals surface area contributed by atoms with Crippen molar-refractivity contribution in [1.82, 2.24) is 5.32 Å². The summed E-state index contributed by atoms with van der Waals surface area (Å²) in [7, 11) is 0. The number of hydrogen-bond acceptors (Lipinski definition) is 3. The third-order valence-corrected chi connectivity index (χ3v) is 4.12. The highest BCUT2D eigenvalue weighted by atomic mass is 16.3. The zero-order valence-electron chi connectivity index (χ0n) is 11.7. The molecule has 17 heavy (non-hydrogen) atoms. The molecule has 0 rings (SSSR count). The number of nitrogens with one attached hydrogen (secondary N) is 1. The van der Waals surface area contributed by atoms with Crippen molar-refractivity contribution in [2.24, 2.45) is 11.1 Å². The van der Waals surface area contributed by atoms with E-state index < -0.39 is 11.0 Å². The van der Waals surface area contributed by atoms with Crippen LogP contribution < -0.4 is 11.1 Å². The summed E-state index contributed by atoms with van der Waals surface area (Å²) in [5.74, 6) is -0.0367. The van der Waals surface area contributed by atoms with Crippen LogP contribution in [0, 0.1) is 5.41 Å². The minimum absolute atomic E-state index is 0.0367. The Kier molecular flexibility index (Phi) is 6.72. The Morgan fingerprint density at radius 3 is 1.88 bits per heavy atom. The van der Waals surface area contributed by atoms with E-state index in [1.165, 1.54) is 0 Å². The van der Waals surface area contributed by atoms with Crippen LogP contribution in [0.3, 0.4) is 0 Å². The molecule has 4 N–H and O–H groups in total. The molecule has 0 aliphatic heterocycles. The maximum Gasteiger partial charge on any atom is 0.227 e. The first-order chi connectivity index (χ1) is 7.93. The van der Waals surface area contributed by atoms with Crippen molar-refractivity contribution in [3.05, 3.63) is 0 Å². The Hall–Kier alpha value is -0.610. The quantitative estimate of drug-likeness (QED) is 0.604. The van der Waals surface area contributed by atoms with Crippen molar-refractivity contribution in [2.45, 2.75) is 59.0 Å². The van der Waals surface area contributed by atoms with Gasteiger partial charge < -0.3 is 16.2 Å². The van der Waals surface area contributed by atoms with E-state index in [1.807, 2.05) is 27.7 Å². The lowest BCUT2D eigenvalue weighted by Crippen LogP contribution is -2.50. The summed E-state index contributed by atoms with van der Waals surface area (Å²) >= 11 is 0. The third kappa shape index (κ3) is 3.96. The average Bonchev–Trinajstić information content (AvgIpc) is 2.38. The molecular weight excluding hydrogens is 216 g/mol. The van der Waals surface area contributed by atoms with E-state index in [9.17, 15) is 9.90 Å². The van der Waals surface area contributed by atoms with Crippen LogP contribution >= 0.6 is 0 Å². The van der Waals surface area contributed by atoms with Gasteiger partial charge in [0.15, 0.2) is 0 Å². The topological polar surface area (TPSA) is 75.3 Å². The van der Waals surface area contributed by atoms with Crippen molar-refractivity contribution < 1.29 is 9.90 Å². The first-order valence-corrected chi connectivity index (χ1v) is 6.64. The van der Waals surface area contributed by atoms with Crippen LogP contribution in [0.5, 0.6) is 0 Å². The van der Waals surface area contributed by atoms with Gasteiger partial charge in [0, 0.05) is 13.1 Å². The predicted octanol–water partition coefficient (Wildman–Crippen LogP) is 1.42. The van der Waals surface area contributed by atoms with Crippen LogP contribution in [-0.2, 0) is 4.79 Å². The molecule has 4 nitrogen and oxygen atoms in total. The number of hydrogen-bond donors (Lipinski definition) is 3. The van der Waals surface area contributed by atoms with Crippen molar-refractivity contribution in [3.8, 4) is 0 Å². The zero-order valence-corrected chi connectivity index (χ0v) is 11.7. The van der Waals surface area contributed by atoms with Gasteiger partial charge in [-0.15, -0.1) is 0 Å². The van der Waals surface area contributed by atoms with Crippen LogP contribution in [0.25, 0.3) is 0 Å². The first-order valence-electron chi connectivity index (χ1n) is 6.64. The van der Waals surface area contributed by atoms with Crippen LogP contribution in [0.4, 0.5) is 0 Å². The lowest BCUT2D eigenvalue weighted by atomic mass is 9.81. The van der Waals surface area contributed by atoms with Crippen LogP contribution in [-0.4, -0.2) is 29.7 Å². The molecule has 0 aliphatic rings. The molecule has 0 aromatic rings. The van der Waals surface area contributed by atoms with Crippen molar-refractivity contribution in [3.63, 3.8) is 0 Å². The second kappa shape index (κ2) is 6.97. The highest BCUT2D eigenvalue weighted by molar-refractivity contribution is 5.82. The fourth-order valence-corrected chi connectivity index (χ4v) is 1.88. The summed E-state index contributed by atoms with van der Waals surface area (Å²) in [6, 6.07) is 0. The Morgan fingerprint density at radius 1 is 1.12 bits per heavy atom.